The normalized spacial score (nSPS) is 17.3. The molecule has 0 atom stereocenters. The minimum Gasteiger partial charge on any atom is -0.481 e. The Kier molecular flexibility index (Phi) is 4.92. The van der Waals surface area contributed by atoms with Crippen LogP contribution < -0.4 is 10.6 Å². The largest absolute Gasteiger partial charge is 0.481 e. The maximum Gasteiger partial charge on any atom is 0.314 e. The Morgan fingerprint density at radius 1 is 1.38 bits per heavy atom. The lowest BCUT2D eigenvalue weighted by atomic mass is 9.84. The van der Waals surface area contributed by atoms with Crippen LogP contribution in [0.25, 0.3) is 0 Å². The second kappa shape index (κ2) is 5.98. The van der Waals surface area contributed by atoms with Crippen molar-refractivity contribution in [2.45, 2.75) is 30.4 Å². The van der Waals surface area contributed by atoms with E-state index in [2.05, 4.69) is 16.9 Å². The first-order valence-electron chi connectivity index (χ1n) is 5.37. The number of urea groups is 1. The number of hydrogen-bond acceptors (Lipinski definition) is 3. The summed E-state index contributed by atoms with van der Waals surface area (Å²) < 4.78 is 0.212. The molecule has 16 heavy (non-hydrogen) atoms. The lowest BCUT2D eigenvalue weighted by Crippen LogP contribution is -2.48. The molecule has 0 aromatic carbocycles. The first kappa shape index (κ1) is 13.2. The Morgan fingerprint density at radius 3 is 2.50 bits per heavy atom. The highest BCUT2D eigenvalue weighted by Crippen LogP contribution is 2.42. The number of hydrogen-bond donors (Lipinski definition) is 3. The molecule has 0 unspecified atom stereocenters. The second-order valence-electron chi connectivity index (χ2n) is 3.99. The van der Waals surface area contributed by atoms with Gasteiger partial charge in [0.25, 0.3) is 0 Å². The van der Waals surface area contributed by atoms with Crippen LogP contribution in [0.1, 0.15) is 25.7 Å². The van der Waals surface area contributed by atoms with Crippen molar-refractivity contribution in [1.29, 1.82) is 0 Å². The summed E-state index contributed by atoms with van der Waals surface area (Å²) in [4.78, 5) is 21.5. The highest BCUT2D eigenvalue weighted by molar-refractivity contribution is 8.00. The fraction of sp³-hybridized carbons (Fsp3) is 0.800. The molecule has 0 bridgehead atoms. The summed E-state index contributed by atoms with van der Waals surface area (Å²) in [6.45, 7) is 0.834. The molecule has 0 aliphatic heterocycles. The fourth-order valence-corrected chi connectivity index (χ4v) is 2.52. The van der Waals surface area contributed by atoms with Gasteiger partial charge >= 0.3 is 12.0 Å². The summed E-state index contributed by atoms with van der Waals surface area (Å²) in [6, 6.07) is -0.276. The lowest BCUT2D eigenvalue weighted by molar-refractivity contribution is -0.136. The topological polar surface area (TPSA) is 78.4 Å². The van der Waals surface area contributed by atoms with Crippen molar-refractivity contribution < 1.29 is 14.7 Å². The molecule has 1 rings (SSSR count). The van der Waals surface area contributed by atoms with E-state index in [1.807, 2.05) is 0 Å². The number of amides is 2. The number of thioether (sulfide) groups is 1. The molecule has 3 N–H and O–H groups in total. The van der Waals surface area contributed by atoms with Gasteiger partial charge in [-0.25, -0.2) is 4.79 Å². The van der Waals surface area contributed by atoms with E-state index >= 15 is 0 Å². The zero-order valence-corrected chi connectivity index (χ0v) is 10.2. The van der Waals surface area contributed by atoms with Gasteiger partial charge in [0.2, 0.25) is 0 Å². The van der Waals surface area contributed by atoms with Crippen molar-refractivity contribution in [3.63, 3.8) is 0 Å². The van der Waals surface area contributed by atoms with E-state index in [0.29, 0.717) is 6.54 Å². The van der Waals surface area contributed by atoms with E-state index in [0.717, 1.165) is 12.8 Å². The number of carbonyl (C=O) groups is 2. The SMILES string of the molecule is CSC1(CNC(=O)NCCC(=O)O)CCC1. The Labute approximate surface area is 99.4 Å². The zero-order valence-electron chi connectivity index (χ0n) is 9.41. The molecule has 1 aliphatic carbocycles. The molecule has 0 aromatic rings. The molecule has 0 saturated heterocycles. The lowest BCUT2D eigenvalue weighted by Gasteiger charge is -2.40. The van der Waals surface area contributed by atoms with Gasteiger partial charge < -0.3 is 15.7 Å². The highest BCUT2D eigenvalue weighted by atomic mass is 32.2. The molecule has 0 radical (unpaired) electrons. The summed E-state index contributed by atoms with van der Waals surface area (Å²) in [5, 5.41) is 13.7. The molecule has 92 valence electrons. The maximum atomic E-state index is 11.3. The van der Waals surface area contributed by atoms with Crippen LogP contribution in [0.3, 0.4) is 0 Å². The highest BCUT2D eigenvalue weighted by Gasteiger charge is 2.36. The average Bonchev–Trinajstić information content (AvgIpc) is 2.16. The first-order chi connectivity index (χ1) is 7.58. The third kappa shape index (κ3) is 3.92. The molecular weight excluding hydrogens is 228 g/mol. The molecule has 1 fully saturated rings. The molecule has 0 heterocycles. The molecule has 5 nitrogen and oxygen atoms in total. The van der Waals surface area contributed by atoms with Crippen LogP contribution >= 0.6 is 11.8 Å². The number of carboxylic acids is 1. The summed E-state index contributed by atoms with van der Waals surface area (Å²) in [5.74, 6) is -0.903. The maximum absolute atomic E-state index is 11.3. The quantitative estimate of drug-likeness (QED) is 0.654. The van der Waals surface area contributed by atoms with Gasteiger partial charge in [-0.05, 0) is 19.1 Å². The molecule has 0 aromatic heterocycles. The van der Waals surface area contributed by atoms with Crippen molar-refractivity contribution in [2.75, 3.05) is 19.3 Å². The minimum absolute atomic E-state index is 0.0406. The van der Waals surface area contributed by atoms with Crippen LogP contribution in [0.15, 0.2) is 0 Å². The van der Waals surface area contributed by atoms with Crippen LogP contribution in [0.2, 0.25) is 0 Å². The fourth-order valence-electron chi connectivity index (χ4n) is 1.61. The Bertz CT molecular complexity index is 261. The number of aliphatic carboxylic acids is 1. The van der Waals surface area contributed by atoms with E-state index in [1.54, 1.807) is 11.8 Å². The monoisotopic (exact) mass is 246 g/mol. The van der Waals surface area contributed by atoms with Gasteiger partial charge in [0.05, 0.1) is 6.42 Å². The van der Waals surface area contributed by atoms with Crippen molar-refractivity contribution in [3.8, 4) is 0 Å². The standard InChI is InChI=1S/C10H18N2O3S/c1-16-10(4-2-5-10)7-12-9(15)11-6-3-8(13)14/h2-7H2,1H3,(H,13,14)(H2,11,12,15). The Morgan fingerprint density at radius 2 is 2.06 bits per heavy atom. The van der Waals surface area contributed by atoms with Crippen LogP contribution in [0, 0.1) is 0 Å². The number of carbonyl (C=O) groups excluding carboxylic acids is 1. The van der Waals surface area contributed by atoms with E-state index in [1.165, 1.54) is 6.42 Å². The van der Waals surface area contributed by atoms with Crippen LogP contribution in [-0.4, -0.2) is 41.2 Å². The van der Waals surface area contributed by atoms with Crippen LogP contribution in [0.5, 0.6) is 0 Å². The molecule has 1 saturated carbocycles. The average molecular weight is 246 g/mol. The van der Waals surface area contributed by atoms with E-state index in [-0.39, 0.29) is 23.7 Å². The predicted octanol–water partition coefficient (Wildman–Crippen LogP) is 1.05. The number of rotatable bonds is 6. The van der Waals surface area contributed by atoms with Gasteiger partial charge in [-0.1, -0.05) is 6.42 Å². The van der Waals surface area contributed by atoms with Crippen molar-refractivity contribution in [2.24, 2.45) is 0 Å². The van der Waals surface area contributed by atoms with Gasteiger partial charge in [0.15, 0.2) is 0 Å². The molecular formula is C10H18N2O3S. The Hall–Kier alpha value is -0.910. The van der Waals surface area contributed by atoms with Crippen LogP contribution in [-0.2, 0) is 4.79 Å². The second-order valence-corrected chi connectivity index (χ2v) is 5.27. The van der Waals surface area contributed by atoms with Gasteiger partial charge in [0.1, 0.15) is 0 Å². The first-order valence-corrected chi connectivity index (χ1v) is 6.59. The van der Waals surface area contributed by atoms with E-state index in [4.69, 9.17) is 5.11 Å². The molecule has 1 aliphatic rings. The predicted molar refractivity (Wildman–Crippen MR) is 63.8 cm³/mol. The van der Waals surface area contributed by atoms with Gasteiger partial charge in [-0.15, -0.1) is 0 Å². The number of nitrogens with one attached hydrogen (secondary N) is 2. The van der Waals surface area contributed by atoms with E-state index < -0.39 is 5.97 Å². The van der Waals surface area contributed by atoms with Crippen LogP contribution in [0.4, 0.5) is 4.79 Å². The minimum atomic E-state index is -0.903. The summed E-state index contributed by atoms with van der Waals surface area (Å²) in [5.41, 5.74) is 0. The molecule has 0 spiro atoms. The summed E-state index contributed by atoms with van der Waals surface area (Å²) >= 11 is 1.79. The van der Waals surface area contributed by atoms with Crippen molar-refractivity contribution in [3.05, 3.63) is 0 Å². The van der Waals surface area contributed by atoms with E-state index in [9.17, 15) is 9.59 Å². The van der Waals surface area contributed by atoms with Gasteiger partial charge in [0, 0.05) is 17.8 Å². The number of carboxylic acid groups (broad SMARTS) is 1. The van der Waals surface area contributed by atoms with Gasteiger partial charge in [-0.3, -0.25) is 4.79 Å². The Balaban J connectivity index is 2.12. The summed E-state index contributed by atoms with van der Waals surface area (Å²) in [6.07, 6.45) is 5.53. The third-order valence-electron chi connectivity index (χ3n) is 2.89. The molecule has 6 heteroatoms. The third-order valence-corrected chi connectivity index (χ3v) is 4.31. The zero-order chi connectivity index (χ0) is 12.0. The smallest absolute Gasteiger partial charge is 0.314 e. The van der Waals surface area contributed by atoms with Crippen molar-refractivity contribution >= 4 is 23.8 Å². The van der Waals surface area contributed by atoms with Crippen molar-refractivity contribution in [1.82, 2.24) is 10.6 Å². The molecule has 2 amide bonds. The summed E-state index contributed by atoms with van der Waals surface area (Å²) in [7, 11) is 0. The van der Waals surface area contributed by atoms with Gasteiger partial charge in [-0.2, -0.15) is 11.8 Å².